The van der Waals surface area contributed by atoms with E-state index in [0.29, 0.717) is 18.0 Å². The van der Waals surface area contributed by atoms with Crippen LogP contribution in [0.5, 0.6) is 0 Å². The van der Waals surface area contributed by atoms with Crippen molar-refractivity contribution in [3.8, 4) is 0 Å². The lowest BCUT2D eigenvalue weighted by Gasteiger charge is -2.24. The maximum atomic E-state index is 10.4. The molecule has 0 aliphatic carbocycles. The molecular formula is C13H24ClN3O. The van der Waals surface area contributed by atoms with Crippen LogP contribution in [0.25, 0.3) is 0 Å². The van der Waals surface area contributed by atoms with E-state index in [1.165, 1.54) is 0 Å². The SMILES string of the molecule is CCCNCC(C)(O)Cc1c(Cl)c(C)nn1CC. The van der Waals surface area contributed by atoms with E-state index in [0.717, 1.165) is 30.9 Å². The number of nitrogens with one attached hydrogen (secondary N) is 1. The molecule has 5 heteroatoms. The van der Waals surface area contributed by atoms with Crippen LogP contribution in [-0.4, -0.2) is 33.6 Å². The van der Waals surface area contributed by atoms with E-state index in [4.69, 9.17) is 11.6 Å². The highest BCUT2D eigenvalue weighted by Crippen LogP contribution is 2.24. The standard InChI is InChI=1S/C13H24ClN3O/c1-5-7-15-9-13(4,18)8-11-12(14)10(3)16-17(11)6-2/h15,18H,5-9H2,1-4H3. The van der Waals surface area contributed by atoms with E-state index < -0.39 is 5.60 Å². The summed E-state index contributed by atoms with van der Waals surface area (Å²) >= 11 is 6.25. The zero-order chi connectivity index (χ0) is 13.8. The van der Waals surface area contributed by atoms with Gasteiger partial charge in [-0.3, -0.25) is 4.68 Å². The lowest BCUT2D eigenvalue weighted by Crippen LogP contribution is -2.40. The summed E-state index contributed by atoms with van der Waals surface area (Å²) in [6, 6.07) is 0. The number of aryl methyl sites for hydroxylation is 2. The fourth-order valence-electron chi connectivity index (χ4n) is 2.00. The Morgan fingerprint density at radius 3 is 2.67 bits per heavy atom. The van der Waals surface area contributed by atoms with Gasteiger partial charge in [0, 0.05) is 19.5 Å². The molecule has 0 saturated heterocycles. The van der Waals surface area contributed by atoms with Crippen molar-refractivity contribution in [1.82, 2.24) is 15.1 Å². The van der Waals surface area contributed by atoms with E-state index in [-0.39, 0.29) is 0 Å². The predicted molar refractivity (Wildman–Crippen MR) is 75.1 cm³/mol. The summed E-state index contributed by atoms with van der Waals surface area (Å²) in [5, 5.41) is 18.7. The van der Waals surface area contributed by atoms with Crippen LogP contribution < -0.4 is 5.32 Å². The Bertz CT molecular complexity index is 388. The molecule has 1 atom stereocenters. The highest BCUT2D eigenvalue weighted by atomic mass is 35.5. The van der Waals surface area contributed by atoms with Gasteiger partial charge in [-0.2, -0.15) is 5.10 Å². The van der Waals surface area contributed by atoms with Crippen LogP contribution in [0.1, 0.15) is 38.6 Å². The first kappa shape index (κ1) is 15.5. The summed E-state index contributed by atoms with van der Waals surface area (Å²) in [6.45, 7) is 10.1. The van der Waals surface area contributed by atoms with Crippen LogP contribution in [0.15, 0.2) is 0 Å². The Morgan fingerprint density at radius 1 is 1.44 bits per heavy atom. The van der Waals surface area contributed by atoms with E-state index in [1.807, 2.05) is 25.5 Å². The summed E-state index contributed by atoms with van der Waals surface area (Å²) in [4.78, 5) is 0. The van der Waals surface area contributed by atoms with Gasteiger partial charge in [0.15, 0.2) is 0 Å². The minimum atomic E-state index is -0.807. The van der Waals surface area contributed by atoms with Gasteiger partial charge in [-0.15, -0.1) is 0 Å². The van der Waals surface area contributed by atoms with E-state index in [2.05, 4.69) is 17.3 Å². The van der Waals surface area contributed by atoms with Gasteiger partial charge in [0.2, 0.25) is 0 Å². The van der Waals surface area contributed by atoms with Crippen LogP contribution in [0.3, 0.4) is 0 Å². The van der Waals surface area contributed by atoms with Crippen LogP contribution in [0, 0.1) is 6.92 Å². The van der Waals surface area contributed by atoms with Crippen LogP contribution in [-0.2, 0) is 13.0 Å². The first-order valence-corrected chi connectivity index (χ1v) is 6.94. The molecule has 0 fully saturated rings. The Morgan fingerprint density at radius 2 is 2.11 bits per heavy atom. The Labute approximate surface area is 114 Å². The number of nitrogens with zero attached hydrogens (tertiary/aromatic N) is 2. The quantitative estimate of drug-likeness (QED) is 0.749. The molecule has 18 heavy (non-hydrogen) atoms. The average Bonchev–Trinajstić information content (AvgIpc) is 2.56. The molecule has 1 unspecified atom stereocenters. The number of rotatable bonds is 7. The van der Waals surface area contributed by atoms with Crippen molar-refractivity contribution in [2.75, 3.05) is 13.1 Å². The van der Waals surface area contributed by atoms with Gasteiger partial charge >= 0.3 is 0 Å². The molecular weight excluding hydrogens is 250 g/mol. The second-order valence-electron chi connectivity index (χ2n) is 5.01. The predicted octanol–water partition coefficient (Wildman–Crippen LogP) is 2.16. The smallest absolute Gasteiger partial charge is 0.0848 e. The number of hydrogen-bond donors (Lipinski definition) is 2. The topological polar surface area (TPSA) is 50.1 Å². The summed E-state index contributed by atoms with van der Waals surface area (Å²) < 4.78 is 1.87. The van der Waals surface area contributed by atoms with Crippen molar-refractivity contribution in [2.45, 2.75) is 52.7 Å². The lowest BCUT2D eigenvalue weighted by atomic mass is 9.99. The molecule has 1 aromatic rings. The molecule has 0 saturated carbocycles. The van der Waals surface area contributed by atoms with Gasteiger partial charge < -0.3 is 10.4 Å². The van der Waals surface area contributed by atoms with Crippen molar-refractivity contribution in [3.63, 3.8) is 0 Å². The minimum Gasteiger partial charge on any atom is -0.388 e. The lowest BCUT2D eigenvalue weighted by molar-refractivity contribution is 0.0583. The second kappa shape index (κ2) is 6.55. The minimum absolute atomic E-state index is 0.511. The number of aromatic nitrogens is 2. The zero-order valence-electron chi connectivity index (χ0n) is 11.8. The zero-order valence-corrected chi connectivity index (χ0v) is 12.5. The molecule has 1 heterocycles. The van der Waals surface area contributed by atoms with Gasteiger partial charge in [-0.1, -0.05) is 18.5 Å². The summed E-state index contributed by atoms with van der Waals surface area (Å²) in [7, 11) is 0. The summed E-state index contributed by atoms with van der Waals surface area (Å²) in [5.41, 5.74) is 0.934. The van der Waals surface area contributed by atoms with E-state index in [1.54, 1.807) is 0 Å². The third-order valence-corrected chi connectivity index (χ3v) is 3.43. The number of halogens is 1. The fourth-order valence-corrected chi connectivity index (χ4v) is 2.20. The van der Waals surface area contributed by atoms with E-state index >= 15 is 0 Å². The van der Waals surface area contributed by atoms with Gasteiger partial charge in [0.05, 0.1) is 22.0 Å². The van der Waals surface area contributed by atoms with Crippen LogP contribution in [0.4, 0.5) is 0 Å². The molecule has 2 N–H and O–H groups in total. The summed E-state index contributed by atoms with van der Waals surface area (Å²) in [6.07, 6.45) is 1.57. The molecule has 1 aromatic heterocycles. The van der Waals surface area contributed by atoms with Crippen molar-refractivity contribution in [2.24, 2.45) is 0 Å². The molecule has 4 nitrogen and oxygen atoms in total. The fraction of sp³-hybridized carbons (Fsp3) is 0.769. The largest absolute Gasteiger partial charge is 0.388 e. The highest BCUT2D eigenvalue weighted by Gasteiger charge is 2.25. The highest BCUT2D eigenvalue weighted by molar-refractivity contribution is 6.31. The maximum absolute atomic E-state index is 10.4. The first-order chi connectivity index (χ1) is 8.41. The number of aliphatic hydroxyl groups is 1. The van der Waals surface area contributed by atoms with Gasteiger partial charge in [0.25, 0.3) is 0 Å². The van der Waals surface area contributed by atoms with Crippen LogP contribution in [0.2, 0.25) is 5.02 Å². The van der Waals surface area contributed by atoms with Crippen molar-refractivity contribution < 1.29 is 5.11 Å². The van der Waals surface area contributed by atoms with E-state index in [9.17, 15) is 5.11 Å². The molecule has 0 aliphatic heterocycles. The van der Waals surface area contributed by atoms with Crippen molar-refractivity contribution in [1.29, 1.82) is 0 Å². The molecule has 0 spiro atoms. The third-order valence-electron chi connectivity index (χ3n) is 2.93. The maximum Gasteiger partial charge on any atom is 0.0848 e. The van der Waals surface area contributed by atoms with Gasteiger partial charge in [0.1, 0.15) is 0 Å². The first-order valence-electron chi connectivity index (χ1n) is 6.56. The van der Waals surface area contributed by atoms with Crippen LogP contribution >= 0.6 is 11.6 Å². The molecule has 0 aromatic carbocycles. The molecule has 0 radical (unpaired) electrons. The van der Waals surface area contributed by atoms with Gasteiger partial charge in [-0.05, 0) is 33.7 Å². The normalized spacial score (nSPS) is 14.8. The number of hydrogen-bond acceptors (Lipinski definition) is 3. The van der Waals surface area contributed by atoms with Crippen molar-refractivity contribution >= 4 is 11.6 Å². The average molecular weight is 274 g/mol. The monoisotopic (exact) mass is 273 g/mol. The second-order valence-corrected chi connectivity index (χ2v) is 5.39. The molecule has 0 amide bonds. The molecule has 0 bridgehead atoms. The van der Waals surface area contributed by atoms with Crippen molar-refractivity contribution in [3.05, 3.63) is 16.4 Å². The molecule has 1 rings (SSSR count). The molecule has 0 aliphatic rings. The molecule has 104 valence electrons. The summed E-state index contributed by atoms with van der Waals surface area (Å²) in [5.74, 6) is 0. The Balaban J connectivity index is 2.76. The Kier molecular flexibility index (Phi) is 5.63. The third kappa shape index (κ3) is 3.97. The van der Waals surface area contributed by atoms with Gasteiger partial charge in [-0.25, -0.2) is 0 Å². The Hall–Kier alpha value is -0.580.